The van der Waals surface area contributed by atoms with Crippen molar-refractivity contribution in [1.82, 2.24) is 5.32 Å². The molecule has 0 unspecified atom stereocenters. The zero-order valence-corrected chi connectivity index (χ0v) is 13.7. The molecule has 0 saturated heterocycles. The van der Waals surface area contributed by atoms with Crippen LogP contribution in [0.15, 0.2) is 29.2 Å². The Morgan fingerprint density at radius 3 is 2.27 bits per heavy atom. The van der Waals surface area contributed by atoms with Crippen molar-refractivity contribution < 1.29 is 23.9 Å². The zero-order chi connectivity index (χ0) is 16.7. The molecule has 2 amide bonds. The molecule has 7 heteroatoms. The minimum absolute atomic E-state index is 0.476. The number of hydrogen-bond acceptors (Lipinski definition) is 6. The topological polar surface area (TPSA) is 81.7 Å². The fourth-order valence-electron chi connectivity index (χ4n) is 1.45. The second-order valence-corrected chi connectivity index (χ2v) is 6.05. The summed E-state index contributed by atoms with van der Waals surface area (Å²) in [6.45, 7) is 5.06. The number of alkyl carbamates (subject to hydrolysis) is 1. The Kier molecular flexibility index (Phi) is 6.91. The van der Waals surface area contributed by atoms with E-state index in [1.165, 1.54) is 18.7 Å². The minimum atomic E-state index is -1.08. The molecule has 0 radical (unpaired) electrons. The number of methoxy groups -OCH3 is 1. The summed E-state index contributed by atoms with van der Waals surface area (Å²) in [5.74, 6) is -1.26. The van der Waals surface area contributed by atoms with E-state index in [2.05, 4.69) is 4.74 Å². The average Bonchev–Trinajstić information content (AvgIpc) is 2.49. The molecule has 120 valence electrons. The largest absolute Gasteiger partial charge is 0.453 e. The summed E-state index contributed by atoms with van der Waals surface area (Å²) in [5.41, 5.74) is 1.13. The number of ether oxygens (including phenoxy) is 2. The first-order chi connectivity index (χ1) is 10.3. The van der Waals surface area contributed by atoms with E-state index in [4.69, 9.17) is 4.74 Å². The number of benzene rings is 1. The number of hydrogen-bond donors (Lipinski definition) is 1. The van der Waals surface area contributed by atoms with Crippen LogP contribution in [0.25, 0.3) is 0 Å². The quantitative estimate of drug-likeness (QED) is 0.661. The fraction of sp³-hybridized carbons (Fsp3) is 0.400. The summed E-state index contributed by atoms with van der Waals surface area (Å²) in [6.07, 6.45) is -1.97. The fourth-order valence-corrected chi connectivity index (χ4v) is 2.30. The van der Waals surface area contributed by atoms with Gasteiger partial charge in [0.15, 0.2) is 6.10 Å². The van der Waals surface area contributed by atoms with Crippen molar-refractivity contribution in [2.45, 2.75) is 37.0 Å². The summed E-state index contributed by atoms with van der Waals surface area (Å²) in [4.78, 5) is 35.4. The van der Waals surface area contributed by atoms with E-state index < -0.39 is 29.3 Å². The van der Waals surface area contributed by atoms with Gasteiger partial charge in [-0.1, -0.05) is 17.7 Å². The van der Waals surface area contributed by atoms with Gasteiger partial charge in [0.2, 0.25) is 0 Å². The third-order valence-corrected chi connectivity index (χ3v) is 3.83. The monoisotopic (exact) mass is 325 g/mol. The molecule has 1 aromatic carbocycles. The third kappa shape index (κ3) is 5.77. The number of aryl methyl sites for hydroxylation is 1. The number of thioether (sulfide) groups is 1. The lowest BCUT2D eigenvalue weighted by molar-refractivity contribution is -0.153. The maximum Gasteiger partial charge on any atom is 0.413 e. The van der Waals surface area contributed by atoms with Gasteiger partial charge in [0.1, 0.15) is 5.25 Å². The Morgan fingerprint density at radius 2 is 1.73 bits per heavy atom. The zero-order valence-electron chi connectivity index (χ0n) is 12.9. The highest BCUT2D eigenvalue weighted by Gasteiger charge is 2.24. The van der Waals surface area contributed by atoms with Crippen LogP contribution in [0.2, 0.25) is 0 Å². The number of carbonyl (C=O) groups excluding carboxylic acids is 3. The lowest BCUT2D eigenvalue weighted by Gasteiger charge is -2.15. The molecule has 0 aromatic heterocycles. The molecule has 0 spiro atoms. The van der Waals surface area contributed by atoms with Crippen LogP contribution in [-0.4, -0.2) is 36.4 Å². The van der Waals surface area contributed by atoms with Crippen molar-refractivity contribution in [3.63, 3.8) is 0 Å². The first kappa shape index (κ1) is 18.0. The van der Waals surface area contributed by atoms with Crippen LogP contribution in [0, 0.1) is 6.92 Å². The van der Waals surface area contributed by atoms with Gasteiger partial charge in [-0.2, -0.15) is 0 Å². The molecule has 6 nitrogen and oxygen atoms in total. The second-order valence-electron chi connectivity index (χ2n) is 4.63. The van der Waals surface area contributed by atoms with Crippen LogP contribution in [0.3, 0.4) is 0 Å². The maximum absolute atomic E-state index is 11.9. The summed E-state index contributed by atoms with van der Waals surface area (Å²) in [5, 5.41) is 1.47. The van der Waals surface area contributed by atoms with Crippen LogP contribution < -0.4 is 5.32 Å². The van der Waals surface area contributed by atoms with E-state index in [1.54, 1.807) is 6.92 Å². The highest BCUT2D eigenvalue weighted by Crippen LogP contribution is 2.24. The summed E-state index contributed by atoms with van der Waals surface area (Å²) in [6, 6.07) is 7.73. The Hall–Kier alpha value is -2.02. The third-order valence-electron chi connectivity index (χ3n) is 2.74. The highest BCUT2D eigenvalue weighted by atomic mass is 32.2. The number of amides is 2. The van der Waals surface area contributed by atoms with E-state index in [0.29, 0.717) is 0 Å². The van der Waals surface area contributed by atoms with Gasteiger partial charge in [0.05, 0.1) is 7.11 Å². The van der Waals surface area contributed by atoms with Crippen LogP contribution >= 0.6 is 11.8 Å². The lowest BCUT2D eigenvalue weighted by Crippen LogP contribution is -2.40. The second kappa shape index (κ2) is 8.43. The van der Waals surface area contributed by atoms with Crippen molar-refractivity contribution in [2.24, 2.45) is 0 Å². The average molecular weight is 325 g/mol. The van der Waals surface area contributed by atoms with Gasteiger partial charge >= 0.3 is 12.1 Å². The summed E-state index contributed by atoms with van der Waals surface area (Å²) < 4.78 is 9.33. The Labute approximate surface area is 133 Å². The van der Waals surface area contributed by atoms with Gasteiger partial charge in [0, 0.05) is 4.90 Å². The predicted octanol–water partition coefficient (Wildman–Crippen LogP) is 2.29. The van der Waals surface area contributed by atoms with Crippen molar-refractivity contribution in [1.29, 1.82) is 0 Å². The molecule has 0 bridgehead atoms. The molecule has 0 aliphatic rings. The maximum atomic E-state index is 11.9. The van der Waals surface area contributed by atoms with E-state index in [0.717, 1.165) is 17.6 Å². The molecule has 1 N–H and O–H groups in total. The standard InChI is InChI=1S/C15H19NO5S/c1-9-5-7-12(8-6-9)22-11(3)14(18)21-10(2)13(17)16-15(19)20-4/h5-8,10-11H,1-4H3,(H,16,17,19)/t10-,11-/m0/s1. The number of nitrogens with one attached hydrogen (secondary N) is 1. The molecular weight excluding hydrogens is 306 g/mol. The van der Waals surface area contributed by atoms with Crippen molar-refractivity contribution in [3.05, 3.63) is 29.8 Å². The molecule has 0 heterocycles. The van der Waals surface area contributed by atoms with Crippen molar-refractivity contribution in [2.75, 3.05) is 7.11 Å². The van der Waals surface area contributed by atoms with Crippen LogP contribution in [0.5, 0.6) is 0 Å². The molecule has 22 heavy (non-hydrogen) atoms. The van der Waals surface area contributed by atoms with E-state index in [-0.39, 0.29) is 0 Å². The molecule has 0 saturated carbocycles. The molecular formula is C15H19NO5S. The molecule has 0 aliphatic heterocycles. The normalized spacial score (nSPS) is 12.9. The van der Waals surface area contributed by atoms with Crippen LogP contribution in [0.4, 0.5) is 4.79 Å². The first-order valence-corrected chi connectivity index (χ1v) is 7.54. The summed E-state index contributed by atoms with van der Waals surface area (Å²) >= 11 is 1.33. The van der Waals surface area contributed by atoms with Gasteiger partial charge in [0.25, 0.3) is 5.91 Å². The van der Waals surface area contributed by atoms with Gasteiger partial charge in [-0.05, 0) is 32.9 Å². The van der Waals surface area contributed by atoms with Crippen molar-refractivity contribution >= 4 is 29.7 Å². The minimum Gasteiger partial charge on any atom is -0.453 e. The molecule has 0 aliphatic carbocycles. The number of rotatable bonds is 5. The predicted molar refractivity (Wildman–Crippen MR) is 82.6 cm³/mol. The van der Waals surface area contributed by atoms with Crippen LogP contribution in [0.1, 0.15) is 19.4 Å². The molecule has 1 rings (SSSR count). The van der Waals surface area contributed by atoms with Crippen LogP contribution in [-0.2, 0) is 19.1 Å². The summed E-state index contributed by atoms with van der Waals surface area (Å²) in [7, 11) is 1.14. The SMILES string of the molecule is COC(=O)NC(=O)[C@H](C)OC(=O)[C@H](C)Sc1ccc(C)cc1. The smallest absolute Gasteiger partial charge is 0.413 e. The van der Waals surface area contributed by atoms with Crippen molar-refractivity contribution in [3.8, 4) is 0 Å². The molecule has 0 fully saturated rings. The molecule has 1 aromatic rings. The highest BCUT2D eigenvalue weighted by molar-refractivity contribution is 8.00. The lowest BCUT2D eigenvalue weighted by atomic mass is 10.2. The van der Waals surface area contributed by atoms with Gasteiger partial charge in [-0.3, -0.25) is 14.9 Å². The Morgan fingerprint density at radius 1 is 1.14 bits per heavy atom. The van der Waals surface area contributed by atoms with E-state index >= 15 is 0 Å². The molecule has 2 atom stereocenters. The van der Waals surface area contributed by atoms with E-state index in [9.17, 15) is 14.4 Å². The first-order valence-electron chi connectivity index (χ1n) is 6.66. The number of imide groups is 1. The number of esters is 1. The van der Waals surface area contributed by atoms with Gasteiger partial charge < -0.3 is 9.47 Å². The van der Waals surface area contributed by atoms with Gasteiger partial charge in [-0.25, -0.2) is 4.79 Å². The Balaban J connectivity index is 2.51. The van der Waals surface area contributed by atoms with Gasteiger partial charge in [-0.15, -0.1) is 11.8 Å². The van der Waals surface area contributed by atoms with E-state index in [1.807, 2.05) is 36.5 Å². The Bertz CT molecular complexity index is 543. The number of carbonyl (C=O) groups is 3.